The van der Waals surface area contributed by atoms with Gasteiger partial charge in [-0.1, -0.05) is 13.8 Å². The monoisotopic (exact) mass is 283 g/mol. The Morgan fingerprint density at radius 1 is 1.35 bits per heavy atom. The summed E-state index contributed by atoms with van der Waals surface area (Å²) in [5.41, 5.74) is 9.15. The van der Waals surface area contributed by atoms with Crippen LogP contribution < -0.4 is 16.8 Å². The fourth-order valence-corrected chi connectivity index (χ4v) is 3.49. The lowest BCUT2D eigenvalue weighted by Crippen LogP contribution is -2.83. The van der Waals surface area contributed by atoms with Crippen molar-refractivity contribution in [3.8, 4) is 0 Å². The summed E-state index contributed by atoms with van der Waals surface area (Å²) in [5.74, 6) is -0.906. The predicted octanol–water partition coefficient (Wildman–Crippen LogP) is -0.101. The van der Waals surface area contributed by atoms with Crippen LogP contribution in [0.4, 0.5) is 0 Å². The summed E-state index contributed by atoms with van der Waals surface area (Å²) >= 11 is 0. The van der Waals surface area contributed by atoms with Crippen LogP contribution in [-0.4, -0.2) is 35.6 Å². The lowest BCUT2D eigenvalue weighted by Gasteiger charge is -2.65. The molecule has 1 heterocycles. The summed E-state index contributed by atoms with van der Waals surface area (Å²) in [6.07, 6.45) is 1.78. The van der Waals surface area contributed by atoms with Crippen molar-refractivity contribution >= 4 is 11.8 Å². The number of amides is 2. The van der Waals surface area contributed by atoms with Gasteiger partial charge in [0.05, 0.1) is 6.10 Å². The highest BCUT2D eigenvalue weighted by Crippen LogP contribution is 2.57. The van der Waals surface area contributed by atoms with Gasteiger partial charge in [-0.15, -0.1) is 0 Å². The van der Waals surface area contributed by atoms with Gasteiger partial charge in [0.1, 0.15) is 11.1 Å². The second-order valence-electron chi connectivity index (χ2n) is 7.07. The van der Waals surface area contributed by atoms with Gasteiger partial charge in [0, 0.05) is 17.9 Å². The topological polar surface area (TPSA) is 107 Å². The molecule has 2 amide bonds. The minimum atomic E-state index is -1.11. The predicted molar refractivity (Wildman–Crippen MR) is 74.6 cm³/mol. The van der Waals surface area contributed by atoms with Crippen LogP contribution in [0, 0.1) is 11.3 Å². The first-order chi connectivity index (χ1) is 9.05. The van der Waals surface area contributed by atoms with E-state index in [0.29, 0.717) is 0 Å². The first-order valence-electron chi connectivity index (χ1n) is 7.08. The Labute approximate surface area is 119 Å². The molecule has 2 aliphatic rings. The SMILES string of the molecule is CC(C)(NC(=O)C1(N)C2CCCOC2C1(C)C)C(N)=O. The van der Waals surface area contributed by atoms with Crippen LogP contribution in [0.3, 0.4) is 0 Å². The lowest BCUT2D eigenvalue weighted by atomic mass is 9.46. The molecule has 3 unspecified atom stereocenters. The van der Waals surface area contributed by atoms with Crippen molar-refractivity contribution in [2.24, 2.45) is 22.8 Å². The molecular weight excluding hydrogens is 258 g/mol. The van der Waals surface area contributed by atoms with Gasteiger partial charge in [-0.25, -0.2) is 0 Å². The molecular formula is C14H25N3O3. The van der Waals surface area contributed by atoms with E-state index in [9.17, 15) is 9.59 Å². The highest BCUT2D eigenvalue weighted by molar-refractivity contribution is 5.95. The smallest absolute Gasteiger partial charge is 0.242 e. The fourth-order valence-electron chi connectivity index (χ4n) is 3.49. The summed E-state index contributed by atoms with van der Waals surface area (Å²) in [6.45, 7) is 7.76. The lowest BCUT2D eigenvalue weighted by molar-refractivity contribution is -0.225. The van der Waals surface area contributed by atoms with Gasteiger partial charge in [0.25, 0.3) is 0 Å². The molecule has 1 aliphatic heterocycles. The average Bonchev–Trinajstić information content (AvgIpc) is 2.36. The normalized spacial score (nSPS) is 35.6. The van der Waals surface area contributed by atoms with Crippen molar-refractivity contribution in [1.29, 1.82) is 0 Å². The van der Waals surface area contributed by atoms with E-state index in [1.807, 2.05) is 13.8 Å². The largest absolute Gasteiger partial charge is 0.377 e. The number of hydrogen-bond donors (Lipinski definition) is 3. The third-order valence-electron chi connectivity index (χ3n) is 5.10. The van der Waals surface area contributed by atoms with Gasteiger partial charge in [-0.05, 0) is 26.7 Å². The number of carbonyl (C=O) groups excluding carboxylic acids is 2. The number of nitrogens with one attached hydrogen (secondary N) is 1. The van der Waals surface area contributed by atoms with E-state index in [1.54, 1.807) is 13.8 Å². The Morgan fingerprint density at radius 3 is 2.50 bits per heavy atom. The quantitative estimate of drug-likeness (QED) is 0.672. The van der Waals surface area contributed by atoms with Crippen molar-refractivity contribution in [1.82, 2.24) is 5.32 Å². The molecule has 1 aliphatic carbocycles. The van der Waals surface area contributed by atoms with E-state index < -0.39 is 22.4 Å². The summed E-state index contributed by atoms with van der Waals surface area (Å²) in [5, 5.41) is 2.69. The van der Waals surface area contributed by atoms with Gasteiger partial charge >= 0.3 is 0 Å². The standard InChI is InChI=1S/C14H25N3O3/c1-12(2)9-8(6-5-7-20-9)14(12,16)11(19)17-13(3,4)10(15)18/h8-9H,5-7,16H2,1-4H3,(H2,15,18)(H,17,19). The highest BCUT2D eigenvalue weighted by atomic mass is 16.5. The van der Waals surface area contributed by atoms with Crippen LogP contribution >= 0.6 is 0 Å². The van der Waals surface area contributed by atoms with Crippen molar-refractivity contribution in [2.45, 2.75) is 57.7 Å². The second-order valence-corrected chi connectivity index (χ2v) is 7.07. The molecule has 1 saturated carbocycles. The average molecular weight is 283 g/mol. The van der Waals surface area contributed by atoms with E-state index in [4.69, 9.17) is 16.2 Å². The Balaban J connectivity index is 2.22. The molecule has 5 N–H and O–H groups in total. The molecule has 0 spiro atoms. The molecule has 0 aromatic heterocycles. The molecule has 2 fully saturated rings. The molecule has 3 atom stereocenters. The van der Waals surface area contributed by atoms with E-state index >= 15 is 0 Å². The zero-order valence-electron chi connectivity index (χ0n) is 12.7. The molecule has 0 aromatic rings. The van der Waals surface area contributed by atoms with E-state index in [1.165, 1.54) is 0 Å². The molecule has 114 valence electrons. The number of ether oxygens (including phenoxy) is 1. The Hall–Kier alpha value is -1.14. The van der Waals surface area contributed by atoms with Crippen molar-refractivity contribution in [3.05, 3.63) is 0 Å². The summed E-state index contributed by atoms with van der Waals surface area (Å²) in [6, 6.07) is 0. The zero-order valence-corrected chi connectivity index (χ0v) is 12.7. The van der Waals surface area contributed by atoms with Crippen molar-refractivity contribution < 1.29 is 14.3 Å². The third-order valence-corrected chi connectivity index (χ3v) is 5.10. The molecule has 6 heteroatoms. The minimum absolute atomic E-state index is 0.00342. The summed E-state index contributed by atoms with van der Waals surface area (Å²) in [7, 11) is 0. The van der Waals surface area contributed by atoms with Crippen molar-refractivity contribution in [2.75, 3.05) is 6.61 Å². The zero-order chi connectivity index (χ0) is 15.3. The number of primary amides is 1. The van der Waals surface area contributed by atoms with Crippen LogP contribution in [0.1, 0.15) is 40.5 Å². The van der Waals surface area contributed by atoms with E-state index in [0.717, 1.165) is 19.4 Å². The number of rotatable bonds is 3. The van der Waals surface area contributed by atoms with Gasteiger partial charge in [0.2, 0.25) is 11.8 Å². The number of carbonyl (C=O) groups is 2. The maximum atomic E-state index is 12.6. The minimum Gasteiger partial charge on any atom is -0.377 e. The van der Waals surface area contributed by atoms with Crippen LogP contribution in [0.15, 0.2) is 0 Å². The maximum absolute atomic E-state index is 12.6. The molecule has 0 bridgehead atoms. The van der Waals surface area contributed by atoms with Crippen LogP contribution in [0.25, 0.3) is 0 Å². The van der Waals surface area contributed by atoms with Crippen LogP contribution in [-0.2, 0) is 14.3 Å². The molecule has 0 radical (unpaired) electrons. The molecule has 2 rings (SSSR count). The third kappa shape index (κ3) is 1.85. The molecule has 0 aromatic carbocycles. The molecule has 1 saturated heterocycles. The first kappa shape index (κ1) is 15.3. The van der Waals surface area contributed by atoms with Gasteiger partial charge in [-0.2, -0.15) is 0 Å². The number of hydrogen-bond acceptors (Lipinski definition) is 4. The number of nitrogens with two attached hydrogens (primary N) is 2. The Morgan fingerprint density at radius 2 is 1.95 bits per heavy atom. The summed E-state index contributed by atoms with van der Waals surface area (Å²) in [4.78, 5) is 24.0. The van der Waals surface area contributed by atoms with Gasteiger partial charge < -0.3 is 21.5 Å². The van der Waals surface area contributed by atoms with Gasteiger partial charge in [-0.3, -0.25) is 9.59 Å². The first-order valence-corrected chi connectivity index (χ1v) is 7.08. The molecule has 6 nitrogen and oxygen atoms in total. The maximum Gasteiger partial charge on any atom is 0.242 e. The van der Waals surface area contributed by atoms with Gasteiger partial charge in [0.15, 0.2) is 0 Å². The van der Waals surface area contributed by atoms with E-state index in [-0.39, 0.29) is 17.9 Å². The number of fused-ring (bicyclic) bond motifs is 1. The van der Waals surface area contributed by atoms with Crippen molar-refractivity contribution in [3.63, 3.8) is 0 Å². The Kier molecular flexibility index (Phi) is 3.38. The Bertz CT molecular complexity index is 447. The second kappa shape index (κ2) is 4.43. The van der Waals surface area contributed by atoms with Crippen LogP contribution in [0.2, 0.25) is 0 Å². The fraction of sp³-hybridized carbons (Fsp3) is 0.857. The highest BCUT2D eigenvalue weighted by Gasteiger charge is 2.70. The van der Waals surface area contributed by atoms with Crippen LogP contribution in [0.5, 0.6) is 0 Å². The van der Waals surface area contributed by atoms with E-state index in [2.05, 4.69) is 5.32 Å². The summed E-state index contributed by atoms with van der Waals surface area (Å²) < 4.78 is 5.76. The molecule has 20 heavy (non-hydrogen) atoms.